The maximum Gasteiger partial charge on any atom is 0.241 e. The van der Waals surface area contributed by atoms with Crippen molar-refractivity contribution in [1.82, 2.24) is 0 Å². The van der Waals surface area contributed by atoms with Gasteiger partial charge in [0.1, 0.15) is 0 Å². The summed E-state index contributed by atoms with van der Waals surface area (Å²) >= 11 is 4.06. The summed E-state index contributed by atoms with van der Waals surface area (Å²) < 4.78 is 0. The van der Waals surface area contributed by atoms with Crippen LogP contribution in [0.2, 0.25) is 0 Å². The van der Waals surface area contributed by atoms with Gasteiger partial charge < -0.3 is 0 Å². The van der Waals surface area contributed by atoms with Crippen molar-refractivity contribution in [2.24, 2.45) is 0 Å². The van der Waals surface area contributed by atoms with E-state index in [0.29, 0.717) is 6.42 Å². The lowest BCUT2D eigenvalue weighted by molar-refractivity contribution is -0.549. The fraction of sp³-hybridized carbons (Fsp3) is 0.429. The Bertz CT molecular complexity index is 247. The smallest absolute Gasteiger partial charge is 0.241 e. The first-order valence-electron chi connectivity index (χ1n) is 3.27. The highest BCUT2D eigenvalue weighted by atomic mass is 32.1. The van der Waals surface area contributed by atoms with Crippen LogP contribution in [0.15, 0.2) is 23.1 Å². The molecule has 0 saturated carbocycles. The number of hydrogen-bond donors (Lipinski definition) is 1. The summed E-state index contributed by atoms with van der Waals surface area (Å²) in [5.41, 5.74) is -0.924. The van der Waals surface area contributed by atoms with E-state index in [4.69, 9.17) is 0 Å². The van der Waals surface area contributed by atoms with Gasteiger partial charge >= 0.3 is 0 Å². The molecule has 4 heteroatoms. The van der Waals surface area contributed by atoms with Gasteiger partial charge in [-0.3, -0.25) is 10.1 Å². The predicted octanol–water partition coefficient (Wildman–Crippen LogP) is 1.80. The van der Waals surface area contributed by atoms with E-state index < -0.39 is 5.54 Å². The Morgan fingerprint density at radius 2 is 2.45 bits per heavy atom. The van der Waals surface area contributed by atoms with Crippen LogP contribution < -0.4 is 0 Å². The minimum atomic E-state index is -0.924. The van der Waals surface area contributed by atoms with Gasteiger partial charge in [0.05, 0.1) is 0 Å². The van der Waals surface area contributed by atoms with Gasteiger partial charge in [0, 0.05) is 23.2 Å². The van der Waals surface area contributed by atoms with Crippen LogP contribution in [0.1, 0.15) is 13.3 Å². The van der Waals surface area contributed by atoms with Crippen molar-refractivity contribution in [1.29, 1.82) is 0 Å². The second-order valence-corrected chi connectivity index (χ2v) is 3.30. The van der Waals surface area contributed by atoms with Crippen LogP contribution in [0, 0.1) is 10.1 Å². The summed E-state index contributed by atoms with van der Waals surface area (Å²) in [7, 11) is 0. The fourth-order valence-electron chi connectivity index (χ4n) is 0.848. The zero-order valence-electron chi connectivity index (χ0n) is 6.15. The number of rotatable bonds is 1. The number of hydrogen-bond acceptors (Lipinski definition) is 3. The van der Waals surface area contributed by atoms with E-state index >= 15 is 0 Å². The van der Waals surface area contributed by atoms with Gasteiger partial charge in [-0.15, -0.1) is 12.6 Å². The Morgan fingerprint density at radius 3 is 2.82 bits per heavy atom. The van der Waals surface area contributed by atoms with E-state index in [0.717, 1.165) is 4.91 Å². The van der Waals surface area contributed by atoms with Gasteiger partial charge in [-0.25, -0.2) is 0 Å². The zero-order chi connectivity index (χ0) is 8.48. The molecule has 0 aromatic rings. The van der Waals surface area contributed by atoms with Crippen LogP contribution in [0.25, 0.3) is 0 Å². The Morgan fingerprint density at radius 1 is 1.82 bits per heavy atom. The first-order chi connectivity index (χ1) is 5.04. The third kappa shape index (κ3) is 1.63. The molecule has 1 rings (SSSR count). The van der Waals surface area contributed by atoms with Crippen LogP contribution in [-0.4, -0.2) is 10.5 Å². The Labute approximate surface area is 70.4 Å². The molecule has 0 heterocycles. The van der Waals surface area contributed by atoms with Crippen molar-refractivity contribution in [2.75, 3.05) is 0 Å². The number of nitrogens with zero attached hydrogens (tertiary/aromatic N) is 1. The molecular weight excluding hydrogens is 162 g/mol. The summed E-state index contributed by atoms with van der Waals surface area (Å²) in [6.45, 7) is 1.60. The fourth-order valence-corrected chi connectivity index (χ4v) is 1.01. The predicted molar refractivity (Wildman–Crippen MR) is 46.2 cm³/mol. The van der Waals surface area contributed by atoms with E-state index in [-0.39, 0.29) is 4.92 Å². The highest BCUT2D eigenvalue weighted by Crippen LogP contribution is 2.24. The number of nitro groups is 1. The molecule has 0 fully saturated rings. The molecular formula is C7H9NO2S. The molecule has 0 bridgehead atoms. The first kappa shape index (κ1) is 8.33. The molecule has 11 heavy (non-hydrogen) atoms. The minimum Gasteiger partial charge on any atom is -0.264 e. The lowest BCUT2D eigenvalue weighted by atomic mass is 9.95. The highest BCUT2D eigenvalue weighted by molar-refractivity contribution is 7.84. The second kappa shape index (κ2) is 2.70. The monoisotopic (exact) mass is 171 g/mol. The van der Waals surface area contributed by atoms with E-state index in [1.807, 2.05) is 0 Å². The summed E-state index contributed by atoms with van der Waals surface area (Å²) in [5.74, 6) is 0. The molecule has 1 atom stereocenters. The van der Waals surface area contributed by atoms with Crippen LogP contribution >= 0.6 is 12.6 Å². The second-order valence-electron chi connectivity index (χ2n) is 2.78. The molecule has 0 saturated heterocycles. The Balaban J connectivity index is 2.82. The Hall–Kier alpha value is -0.770. The van der Waals surface area contributed by atoms with Gasteiger partial charge in [0.25, 0.3) is 0 Å². The molecule has 0 aromatic carbocycles. The van der Waals surface area contributed by atoms with Gasteiger partial charge in [-0.05, 0) is 12.2 Å². The molecule has 0 aromatic heterocycles. The molecule has 0 aliphatic heterocycles. The molecule has 0 radical (unpaired) electrons. The van der Waals surface area contributed by atoms with E-state index in [2.05, 4.69) is 12.6 Å². The molecule has 1 aliphatic carbocycles. The van der Waals surface area contributed by atoms with Gasteiger partial charge in [-0.1, -0.05) is 6.08 Å². The molecule has 0 spiro atoms. The standard InChI is InChI=1S/C7H9NO2S/c1-7(8(9)10)4-2-6(11)3-5-7/h2-4,11H,5H2,1H3. The molecule has 0 amide bonds. The molecule has 3 nitrogen and oxygen atoms in total. The van der Waals surface area contributed by atoms with Crippen molar-refractivity contribution >= 4 is 12.6 Å². The lowest BCUT2D eigenvalue weighted by Gasteiger charge is -2.17. The van der Waals surface area contributed by atoms with Crippen LogP contribution in [0.3, 0.4) is 0 Å². The molecule has 60 valence electrons. The maximum atomic E-state index is 10.5. The Kier molecular flexibility index (Phi) is 2.04. The number of allylic oxidation sites excluding steroid dienone is 1. The summed E-state index contributed by atoms with van der Waals surface area (Å²) in [6.07, 6.45) is 5.42. The first-order valence-corrected chi connectivity index (χ1v) is 3.72. The summed E-state index contributed by atoms with van der Waals surface area (Å²) in [4.78, 5) is 11.0. The highest BCUT2D eigenvalue weighted by Gasteiger charge is 2.34. The van der Waals surface area contributed by atoms with Crippen molar-refractivity contribution in [3.05, 3.63) is 33.2 Å². The van der Waals surface area contributed by atoms with Crippen LogP contribution in [0.5, 0.6) is 0 Å². The van der Waals surface area contributed by atoms with Crippen molar-refractivity contribution in [3.63, 3.8) is 0 Å². The normalized spacial score (nSPS) is 29.8. The van der Waals surface area contributed by atoms with Gasteiger partial charge in [0.2, 0.25) is 5.54 Å². The van der Waals surface area contributed by atoms with E-state index in [1.54, 1.807) is 25.2 Å². The van der Waals surface area contributed by atoms with Gasteiger partial charge in [-0.2, -0.15) is 0 Å². The minimum absolute atomic E-state index is 0.278. The third-order valence-corrected chi connectivity index (χ3v) is 2.09. The van der Waals surface area contributed by atoms with Crippen LogP contribution in [-0.2, 0) is 0 Å². The average molecular weight is 171 g/mol. The zero-order valence-corrected chi connectivity index (χ0v) is 7.04. The van der Waals surface area contributed by atoms with Crippen LogP contribution in [0.4, 0.5) is 0 Å². The average Bonchev–Trinajstić information content (AvgIpc) is 1.95. The van der Waals surface area contributed by atoms with Crippen molar-refractivity contribution in [3.8, 4) is 0 Å². The molecule has 1 aliphatic rings. The molecule has 1 unspecified atom stereocenters. The largest absolute Gasteiger partial charge is 0.264 e. The number of thiol groups is 1. The molecule has 0 N–H and O–H groups in total. The summed E-state index contributed by atoms with van der Waals surface area (Å²) in [6, 6.07) is 0. The van der Waals surface area contributed by atoms with Crippen molar-refractivity contribution < 1.29 is 4.92 Å². The van der Waals surface area contributed by atoms with E-state index in [1.165, 1.54) is 0 Å². The maximum absolute atomic E-state index is 10.5. The van der Waals surface area contributed by atoms with E-state index in [9.17, 15) is 10.1 Å². The summed E-state index contributed by atoms with van der Waals surface area (Å²) in [5, 5.41) is 10.5. The lowest BCUT2D eigenvalue weighted by Crippen LogP contribution is -2.32. The SMILES string of the molecule is CC1([N+](=O)[O-])C=CC(S)=CC1. The van der Waals surface area contributed by atoms with Crippen molar-refractivity contribution in [2.45, 2.75) is 18.9 Å². The van der Waals surface area contributed by atoms with Gasteiger partial charge in [0.15, 0.2) is 0 Å². The quantitative estimate of drug-likeness (QED) is 0.371. The third-order valence-electron chi connectivity index (χ3n) is 1.75. The topological polar surface area (TPSA) is 43.1 Å².